The van der Waals surface area contributed by atoms with Crippen LogP contribution in [0.3, 0.4) is 0 Å². The van der Waals surface area contributed by atoms with Crippen LogP contribution in [0.1, 0.15) is 45.4 Å². The highest BCUT2D eigenvalue weighted by molar-refractivity contribution is 5.02. The fraction of sp³-hybridized carbons (Fsp3) is 0.733. The third-order valence-electron chi connectivity index (χ3n) is 4.40. The van der Waals surface area contributed by atoms with Crippen LogP contribution in [0.25, 0.3) is 0 Å². The summed E-state index contributed by atoms with van der Waals surface area (Å²) in [5.74, 6) is 0.940. The Morgan fingerprint density at radius 3 is 2.71 bits per heavy atom. The molecule has 1 aliphatic heterocycles. The number of H-pyrrole nitrogens is 1. The molecule has 1 aromatic rings. The Balaban J connectivity index is 2.16. The summed E-state index contributed by atoms with van der Waals surface area (Å²) in [5, 5.41) is 10.2. The number of aryl methyl sites for hydroxylation is 1. The number of hydrogen-bond acceptors (Lipinski definition) is 4. The van der Waals surface area contributed by atoms with Crippen LogP contribution in [0, 0.1) is 18.8 Å². The highest BCUT2D eigenvalue weighted by atomic mass is 16.5. The maximum atomic E-state index is 11.9. The molecule has 0 radical (unpaired) electrons. The van der Waals surface area contributed by atoms with E-state index in [4.69, 9.17) is 4.74 Å². The quantitative estimate of drug-likeness (QED) is 0.873. The number of aromatic nitrogens is 2. The van der Waals surface area contributed by atoms with E-state index < -0.39 is 18.0 Å². The third kappa shape index (κ3) is 3.44. The summed E-state index contributed by atoms with van der Waals surface area (Å²) in [6.45, 7) is 8.04. The van der Waals surface area contributed by atoms with E-state index in [0.29, 0.717) is 23.8 Å². The van der Waals surface area contributed by atoms with Gasteiger partial charge in [0, 0.05) is 18.2 Å². The normalized spacial score (nSPS) is 27.2. The summed E-state index contributed by atoms with van der Waals surface area (Å²) < 4.78 is 7.21. The Kier molecular flexibility index (Phi) is 4.68. The summed E-state index contributed by atoms with van der Waals surface area (Å²) in [7, 11) is 0. The molecule has 6 heteroatoms. The fourth-order valence-electron chi connectivity index (χ4n) is 2.54. The predicted octanol–water partition coefficient (Wildman–Crippen LogP) is 1.18. The van der Waals surface area contributed by atoms with Crippen LogP contribution in [-0.4, -0.2) is 26.9 Å². The first kappa shape index (κ1) is 16.0. The first-order valence-corrected chi connectivity index (χ1v) is 7.45. The molecule has 6 nitrogen and oxygen atoms in total. The lowest BCUT2D eigenvalue weighted by Gasteiger charge is -2.22. The van der Waals surface area contributed by atoms with Gasteiger partial charge in [0.2, 0.25) is 0 Å². The van der Waals surface area contributed by atoms with Crippen molar-refractivity contribution in [2.24, 2.45) is 11.8 Å². The highest BCUT2D eigenvalue weighted by Gasteiger charge is 2.36. The number of rotatable bonds is 4. The Morgan fingerprint density at radius 1 is 1.43 bits per heavy atom. The number of hydrogen-bond donors (Lipinski definition) is 2. The van der Waals surface area contributed by atoms with Crippen molar-refractivity contribution in [3.05, 3.63) is 32.6 Å². The van der Waals surface area contributed by atoms with E-state index in [2.05, 4.69) is 25.8 Å². The van der Waals surface area contributed by atoms with Crippen LogP contribution in [-0.2, 0) is 4.74 Å². The van der Waals surface area contributed by atoms with Crippen LogP contribution in [0.2, 0.25) is 0 Å². The molecule has 1 aromatic heterocycles. The monoisotopic (exact) mass is 296 g/mol. The molecule has 0 saturated carbocycles. The maximum Gasteiger partial charge on any atom is 0.330 e. The van der Waals surface area contributed by atoms with Gasteiger partial charge in [0.25, 0.3) is 5.56 Å². The van der Waals surface area contributed by atoms with Gasteiger partial charge in [0.05, 0.1) is 12.2 Å². The molecule has 0 bridgehead atoms. The summed E-state index contributed by atoms with van der Waals surface area (Å²) in [4.78, 5) is 25.5. The second-order valence-electron chi connectivity index (χ2n) is 6.37. The number of aromatic amines is 1. The minimum Gasteiger partial charge on any atom is -0.390 e. The molecule has 21 heavy (non-hydrogen) atoms. The standard InChI is InChI=1S/C15H24N2O4/c1-8(2)9(3)5-12-11(18)6-13(21-12)17-7-10(4)14(19)16-15(17)20/h7-9,11-13,18H,5-6H2,1-4H3,(H,16,19,20). The van der Waals surface area contributed by atoms with E-state index >= 15 is 0 Å². The Labute approximate surface area is 123 Å². The summed E-state index contributed by atoms with van der Waals surface area (Å²) >= 11 is 0. The number of aliphatic hydroxyl groups excluding tert-OH is 1. The highest BCUT2D eigenvalue weighted by Crippen LogP contribution is 2.32. The third-order valence-corrected chi connectivity index (χ3v) is 4.40. The second kappa shape index (κ2) is 6.15. The van der Waals surface area contributed by atoms with Crippen molar-refractivity contribution in [1.29, 1.82) is 0 Å². The lowest BCUT2D eigenvalue weighted by Crippen LogP contribution is -2.33. The topological polar surface area (TPSA) is 84.3 Å². The molecule has 2 N–H and O–H groups in total. The van der Waals surface area contributed by atoms with Gasteiger partial charge in [-0.05, 0) is 25.2 Å². The molecule has 1 aliphatic rings. The van der Waals surface area contributed by atoms with Crippen molar-refractivity contribution in [3.8, 4) is 0 Å². The molecule has 1 saturated heterocycles. The average molecular weight is 296 g/mol. The summed E-state index contributed by atoms with van der Waals surface area (Å²) in [6, 6.07) is 0. The van der Waals surface area contributed by atoms with Crippen LogP contribution in [0.4, 0.5) is 0 Å². The van der Waals surface area contributed by atoms with Gasteiger partial charge < -0.3 is 9.84 Å². The van der Waals surface area contributed by atoms with Gasteiger partial charge in [0.15, 0.2) is 0 Å². The van der Waals surface area contributed by atoms with Gasteiger partial charge in [-0.2, -0.15) is 0 Å². The zero-order chi connectivity index (χ0) is 15.7. The largest absolute Gasteiger partial charge is 0.390 e. The van der Waals surface area contributed by atoms with Crippen molar-refractivity contribution in [2.45, 2.75) is 59.0 Å². The van der Waals surface area contributed by atoms with E-state index in [1.54, 1.807) is 6.92 Å². The Morgan fingerprint density at radius 2 is 2.10 bits per heavy atom. The van der Waals surface area contributed by atoms with Crippen molar-refractivity contribution >= 4 is 0 Å². The number of nitrogens with one attached hydrogen (secondary N) is 1. The average Bonchev–Trinajstić information content (AvgIpc) is 2.75. The van der Waals surface area contributed by atoms with Crippen molar-refractivity contribution in [2.75, 3.05) is 0 Å². The molecule has 2 heterocycles. The van der Waals surface area contributed by atoms with Crippen LogP contribution < -0.4 is 11.2 Å². The van der Waals surface area contributed by atoms with E-state index in [1.165, 1.54) is 10.8 Å². The van der Waals surface area contributed by atoms with E-state index in [1.807, 2.05) is 0 Å². The molecule has 0 spiro atoms. The minimum atomic E-state index is -0.588. The molecule has 4 unspecified atom stereocenters. The van der Waals surface area contributed by atoms with Gasteiger partial charge in [-0.25, -0.2) is 4.79 Å². The van der Waals surface area contributed by atoms with E-state index in [9.17, 15) is 14.7 Å². The van der Waals surface area contributed by atoms with Gasteiger partial charge in [-0.3, -0.25) is 14.3 Å². The van der Waals surface area contributed by atoms with Crippen LogP contribution in [0.5, 0.6) is 0 Å². The molecular weight excluding hydrogens is 272 g/mol. The smallest absolute Gasteiger partial charge is 0.330 e. The first-order chi connectivity index (χ1) is 9.79. The lowest BCUT2D eigenvalue weighted by atomic mass is 9.90. The zero-order valence-electron chi connectivity index (χ0n) is 13.0. The molecular formula is C15H24N2O4. The molecule has 1 fully saturated rings. The molecule has 0 aromatic carbocycles. The maximum absolute atomic E-state index is 11.9. The Bertz CT molecular complexity index is 604. The van der Waals surface area contributed by atoms with Crippen LogP contribution in [0.15, 0.2) is 15.8 Å². The molecule has 118 valence electrons. The zero-order valence-corrected chi connectivity index (χ0v) is 13.0. The molecule has 0 aliphatic carbocycles. The predicted molar refractivity (Wildman–Crippen MR) is 79.2 cm³/mol. The number of nitrogens with zero attached hydrogens (tertiary/aromatic N) is 1. The van der Waals surface area contributed by atoms with E-state index in [0.717, 1.165) is 6.42 Å². The van der Waals surface area contributed by atoms with Gasteiger partial charge in [-0.15, -0.1) is 0 Å². The lowest BCUT2D eigenvalue weighted by molar-refractivity contribution is -0.0334. The van der Waals surface area contributed by atoms with Gasteiger partial charge in [-0.1, -0.05) is 20.8 Å². The van der Waals surface area contributed by atoms with Crippen LogP contribution >= 0.6 is 0 Å². The van der Waals surface area contributed by atoms with Gasteiger partial charge in [0.1, 0.15) is 6.23 Å². The van der Waals surface area contributed by atoms with Crippen molar-refractivity contribution in [3.63, 3.8) is 0 Å². The number of aliphatic hydroxyl groups is 1. The van der Waals surface area contributed by atoms with Crippen molar-refractivity contribution < 1.29 is 9.84 Å². The summed E-state index contributed by atoms with van der Waals surface area (Å²) in [5.41, 5.74) is -0.438. The van der Waals surface area contributed by atoms with E-state index in [-0.39, 0.29) is 11.7 Å². The summed E-state index contributed by atoms with van der Waals surface area (Å²) in [6.07, 6.45) is 1.23. The van der Waals surface area contributed by atoms with Crippen molar-refractivity contribution in [1.82, 2.24) is 9.55 Å². The Hall–Kier alpha value is -1.40. The molecule has 0 amide bonds. The van der Waals surface area contributed by atoms with Gasteiger partial charge >= 0.3 is 5.69 Å². The SMILES string of the molecule is Cc1cn(C2CC(O)C(CC(C)C(C)C)O2)c(=O)[nH]c1=O. The fourth-order valence-corrected chi connectivity index (χ4v) is 2.54. The first-order valence-electron chi connectivity index (χ1n) is 7.45. The number of ether oxygens (including phenoxy) is 1. The molecule has 4 atom stereocenters. The second-order valence-corrected chi connectivity index (χ2v) is 6.37. The molecule has 2 rings (SSSR count). The minimum absolute atomic E-state index is 0.272.